The molecule has 0 bridgehead atoms. The van der Waals surface area contributed by atoms with Gasteiger partial charge in [-0.05, 0) is 51.0 Å². The Morgan fingerprint density at radius 1 is 1.00 bits per heavy atom. The van der Waals surface area contributed by atoms with Crippen molar-refractivity contribution >= 4 is 0 Å². The van der Waals surface area contributed by atoms with Crippen LogP contribution in [0.4, 0.5) is 0 Å². The second-order valence-corrected chi connectivity index (χ2v) is 5.12. The molecule has 1 unspecified atom stereocenters. The average Bonchev–Trinajstić information content (AvgIpc) is 2.33. The van der Waals surface area contributed by atoms with Gasteiger partial charge in [0.05, 0.1) is 0 Å². The molecular formula is C16H33N. The number of nitrogens with one attached hydrogen (secondary N) is 1. The maximum Gasteiger partial charge on any atom is 0.00954 e. The highest BCUT2D eigenvalue weighted by Gasteiger charge is 2.18. The maximum atomic E-state index is 3.82. The third kappa shape index (κ3) is 8.43. The number of rotatable bonds is 12. The fourth-order valence-electron chi connectivity index (χ4n) is 2.60. The molecule has 0 heterocycles. The molecule has 1 heteroatoms. The van der Waals surface area contributed by atoms with Gasteiger partial charge in [0.25, 0.3) is 0 Å². The van der Waals surface area contributed by atoms with E-state index in [0.29, 0.717) is 0 Å². The van der Waals surface area contributed by atoms with Gasteiger partial charge in [0, 0.05) is 6.04 Å². The Hall–Kier alpha value is -0.300. The van der Waals surface area contributed by atoms with Gasteiger partial charge in [-0.15, -0.1) is 6.58 Å². The molecule has 0 aliphatic rings. The van der Waals surface area contributed by atoms with E-state index >= 15 is 0 Å². The second-order valence-electron chi connectivity index (χ2n) is 5.12. The van der Waals surface area contributed by atoms with Crippen molar-refractivity contribution in [2.75, 3.05) is 6.54 Å². The van der Waals surface area contributed by atoms with Gasteiger partial charge in [-0.25, -0.2) is 0 Å². The minimum atomic E-state index is 0.731. The molecule has 0 aliphatic heterocycles. The first kappa shape index (κ1) is 16.7. The van der Waals surface area contributed by atoms with E-state index in [-0.39, 0.29) is 0 Å². The van der Waals surface area contributed by atoms with Crippen LogP contribution in [0.15, 0.2) is 12.7 Å². The molecule has 0 amide bonds. The Kier molecular flexibility index (Phi) is 12.0. The fraction of sp³-hybridized carbons (Fsp3) is 0.875. The van der Waals surface area contributed by atoms with Crippen LogP contribution in [-0.2, 0) is 0 Å². The Morgan fingerprint density at radius 3 is 2.12 bits per heavy atom. The Morgan fingerprint density at radius 2 is 1.65 bits per heavy atom. The number of allylic oxidation sites excluding steroid dienone is 1. The highest BCUT2D eigenvalue weighted by Crippen LogP contribution is 2.21. The molecule has 0 aromatic rings. The molecule has 0 aliphatic carbocycles. The highest BCUT2D eigenvalue weighted by molar-refractivity contribution is 4.78. The molecule has 0 saturated heterocycles. The first-order valence-corrected chi connectivity index (χ1v) is 7.64. The van der Waals surface area contributed by atoms with E-state index in [1.165, 1.54) is 51.5 Å². The summed E-state index contributed by atoms with van der Waals surface area (Å²) >= 11 is 0. The Balaban J connectivity index is 4.19. The summed E-state index contributed by atoms with van der Waals surface area (Å²) in [6, 6.07) is 0.731. The number of unbranched alkanes of at least 4 members (excludes halogenated alkanes) is 1. The van der Waals surface area contributed by atoms with E-state index in [4.69, 9.17) is 0 Å². The summed E-state index contributed by atoms with van der Waals surface area (Å²) in [6.07, 6.45) is 12.4. The lowest BCUT2D eigenvalue weighted by Crippen LogP contribution is -2.36. The van der Waals surface area contributed by atoms with E-state index in [9.17, 15) is 0 Å². The predicted molar refractivity (Wildman–Crippen MR) is 79.4 cm³/mol. The summed E-state index contributed by atoms with van der Waals surface area (Å²) in [4.78, 5) is 0. The molecule has 0 radical (unpaired) electrons. The molecule has 102 valence electrons. The van der Waals surface area contributed by atoms with Crippen LogP contribution in [0.5, 0.6) is 0 Å². The van der Waals surface area contributed by atoms with Crippen molar-refractivity contribution in [3.63, 3.8) is 0 Å². The van der Waals surface area contributed by atoms with E-state index in [1.807, 2.05) is 6.08 Å². The van der Waals surface area contributed by atoms with Crippen LogP contribution in [0.1, 0.15) is 72.1 Å². The summed E-state index contributed by atoms with van der Waals surface area (Å²) in [6.45, 7) is 11.9. The first-order chi connectivity index (χ1) is 8.29. The minimum Gasteiger partial charge on any atom is -0.314 e. The third-order valence-corrected chi connectivity index (χ3v) is 3.47. The van der Waals surface area contributed by atoms with Crippen molar-refractivity contribution in [1.82, 2.24) is 5.32 Å². The standard InChI is InChI=1S/C16H33N/c1-5-9-10-13-16(17-14-8-4)15(11-6-2)12-7-3/h5,15-17H,1,6-14H2,2-4H3. The van der Waals surface area contributed by atoms with Crippen LogP contribution in [-0.4, -0.2) is 12.6 Å². The van der Waals surface area contributed by atoms with E-state index in [1.54, 1.807) is 0 Å². The zero-order valence-corrected chi connectivity index (χ0v) is 12.3. The molecule has 1 N–H and O–H groups in total. The van der Waals surface area contributed by atoms with Gasteiger partial charge in [0.2, 0.25) is 0 Å². The van der Waals surface area contributed by atoms with Crippen LogP contribution in [0.25, 0.3) is 0 Å². The maximum absolute atomic E-state index is 3.82. The topological polar surface area (TPSA) is 12.0 Å². The predicted octanol–water partition coefficient (Wildman–Crippen LogP) is 4.93. The lowest BCUT2D eigenvalue weighted by atomic mass is 9.87. The minimum absolute atomic E-state index is 0.731. The molecule has 0 saturated carbocycles. The van der Waals surface area contributed by atoms with Gasteiger partial charge < -0.3 is 5.32 Å². The smallest absolute Gasteiger partial charge is 0.00954 e. The van der Waals surface area contributed by atoms with E-state index < -0.39 is 0 Å². The molecule has 0 fully saturated rings. The summed E-state index contributed by atoms with van der Waals surface area (Å²) in [5.74, 6) is 0.876. The van der Waals surface area contributed by atoms with Gasteiger partial charge >= 0.3 is 0 Å². The molecule has 1 atom stereocenters. The van der Waals surface area contributed by atoms with Crippen molar-refractivity contribution in [3.05, 3.63) is 12.7 Å². The van der Waals surface area contributed by atoms with Gasteiger partial charge in [-0.3, -0.25) is 0 Å². The van der Waals surface area contributed by atoms with Gasteiger partial charge in [-0.2, -0.15) is 0 Å². The molecule has 17 heavy (non-hydrogen) atoms. The summed E-state index contributed by atoms with van der Waals surface area (Å²) < 4.78 is 0. The third-order valence-electron chi connectivity index (χ3n) is 3.47. The lowest BCUT2D eigenvalue weighted by molar-refractivity contribution is 0.293. The monoisotopic (exact) mass is 239 g/mol. The Labute approximate surface area is 109 Å². The summed E-state index contributed by atoms with van der Waals surface area (Å²) in [5.41, 5.74) is 0. The van der Waals surface area contributed by atoms with Crippen LogP contribution >= 0.6 is 0 Å². The van der Waals surface area contributed by atoms with Crippen molar-refractivity contribution in [2.24, 2.45) is 5.92 Å². The molecule has 0 spiro atoms. The Bertz CT molecular complexity index is 159. The van der Waals surface area contributed by atoms with Crippen LogP contribution in [0.3, 0.4) is 0 Å². The lowest BCUT2D eigenvalue weighted by Gasteiger charge is -2.28. The van der Waals surface area contributed by atoms with E-state index in [0.717, 1.165) is 18.4 Å². The largest absolute Gasteiger partial charge is 0.314 e. The summed E-state index contributed by atoms with van der Waals surface area (Å²) in [5, 5.41) is 3.76. The number of hydrogen-bond donors (Lipinski definition) is 1. The highest BCUT2D eigenvalue weighted by atomic mass is 14.9. The average molecular weight is 239 g/mol. The molecule has 0 aromatic carbocycles. The zero-order chi connectivity index (χ0) is 12.9. The van der Waals surface area contributed by atoms with Crippen LogP contribution in [0.2, 0.25) is 0 Å². The van der Waals surface area contributed by atoms with Gasteiger partial charge in [0.15, 0.2) is 0 Å². The van der Waals surface area contributed by atoms with Crippen LogP contribution < -0.4 is 5.32 Å². The van der Waals surface area contributed by atoms with E-state index in [2.05, 4.69) is 32.7 Å². The summed E-state index contributed by atoms with van der Waals surface area (Å²) in [7, 11) is 0. The first-order valence-electron chi connectivity index (χ1n) is 7.64. The van der Waals surface area contributed by atoms with Crippen LogP contribution in [0, 0.1) is 5.92 Å². The van der Waals surface area contributed by atoms with Crippen molar-refractivity contribution in [1.29, 1.82) is 0 Å². The fourth-order valence-corrected chi connectivity index (χ4v) is 2.60. The van der Waals surface area contributed by atoms with Crippen molar-refractivity contribution in [3.8, 4) is 0 Å². The van der Waals surface area contributed by atoms with Gasteiger partial charge in [-0.1, -0.05) is 39.7 Å². The molecular weight excluding hydrogens is 206 g/mol. The van der Waals surface area contributed by atoms with Crippen molar-refractivity contribution in [2.45, 2.75) is 78.2 Å². The normalized spacial score (nSPS) is 12.9. The quantitative estimate of drug-likeness (QED) is 0.376. The van der Waals surface area contributed by atoms with Gasteiger partial charge in [0.1, 0.15) is 0 Å². The van der Waals surface area contributed by atoms with Crippen molar-refractivity contribution < 1.29 is 0 Å². The SMILES string of the molecule is C=CCCCC(NCCC)C(CCC)CCC. The zero-order valence-electron chi connectivity index (χ0n) is 12.3. The molecule has 0 rings (SSSR count). The molecule has 1 nitrogen and oxygen atoms in total. The second kappa shape index (κ2) is 12.2. The number of hydrogen-bond acceptors (Lipinski definition) is 1. The molecule has 0 aromatic heterocycles.